The van der Waals surface area contributed by atoms with E-state index >= 15 is 0 Å². The summed E-state index contributed by atoms with van der Waals surface area (Å²) < 4.78 is 35.4. The largest absolute Gasteiger partial charge is 0.609 e. The molecule has 2 saturated heterocycles. The highest BCUT2D eigenvalue weighted by Crippen LogP contribution is 2.31. The van der Waals surface area contributed by atoms with Crippen molar-refractivity contribution in [2.75, 3.05) is 23.0 Å². The van der Waals surface area contributed by atoms with Crippen LogP contribution in [0.1, 0.15) is 39.5 Å². The van der Waals surface area contributed by atoms with Gasteiger partial charge >= 0.3 is 13.5 Å². The molecule has 5 heterocycles. The lowest BCUT2D eigenvalue weighted by atomic mass is 9.73. The maximum Gasteiger partial charge on any atom is 0.609 e. The predicted octanol–water partition coefficient (Wildman–Crippen LogP) is 5.91. The molecule has 5 rings (SSSR count). The first-order chi connectivity index (χ1) is 18.5. The van der Waals surface area contributed by atoms with Crippen molar-refractivity contribution in [3.05, 3.63) is 0 Å². The van der Waals surface area contributed by atoms with Gasteiger partial charge in [0.25, 0.3) is 0 Å². The summed E-state index contributed by atoms with van der Waals surface area (Å²) in [6, 6.07) is 0. The van der Waals surface area contributed by atoms with Crippen LogP contribution in [0.25, 0.3) is 0 Å². The van der Waals surface area contributed by atoms with Crippen molar-refractivity contribution in [1.82, 2.24) is 0 Å². The van der Waals surface area contributed by atoms with Gasteiger partial charge in [-0.05, 0) is 0 Å². The molecule has 38 heavy (non-hydrogen) atoms. The Bertz CT molecular complexity index is 925. The van der Waals surface area contributed by atoms with Gasteiger partial charge in [0, 0.05) is 23.0 Å². The molecule has 20 heteroatoms. The van der Waals surface area contributed by atoms with Crippen molar-refractivity contribution >= 4 is 114 Å². The lowest BCUT2D eigenvalue weighted by Crippen LogP contribution is -2.44. The van der Waals surface area contributed by atoms with Gasteiger partial charge < -0.3 is 28.5 Å². The Morgan fingerprint density at radius 2 is 0.842 bits per heavy atom. The summed E-state index contributed by atoms with van der Waals surface area (Å²) in [6.07, 6.45) is 3.50. The van der Waals surface area contributed by atoms with Gasteiger partial charge in [0.2, 0.25) is 10.3 Å². The number of thioether (sulfide) groups is 4. The predicted molar refractivity (Wildman–Crippen MR) is 164 cm³/mol. The summed E-state index contributed by atoms with van der Waals surface area (Å²) in [5.41, 5.74) is 0. The molecule has 0 unspecified atom stereocenters. The molecule has 0 N–H and O–H groups in total. The zero-order valence-electron chi connectivity index (χ0n) is 20.7. The zero-order valence-corrected chi connectivity index (χ0v) is 25.5. The average Bonchev–Trinajstić information content (AvgIpc) is 2.95. The van der Waals surface area contributed by atoms with E-state index in [0.717, 1.165) is 35.9 Å². The molecule has 0 aromatic carbocycles. The molecule has 0 aromatic heterocycles. The second-order valence-electron chi connectivity index (χ2n) is 8.24. The van der Waals surface area contributed by atoms with Crippen LogP contribution in [0.5, 0.6) is 0 Å². The Morgan fingerprint density at radius 3 is 1.13 bits per heavy atom. The summed E-state index contributed by atoms with van der Waals surface area (Å²) in [6.45, 7) is -1.39. The van der Waals surface area contributed by atoms with E-state index in [0.29, 0.717) is 33.0 Å². The molecule has 0 aromatic rings. The monoisotopic (exact) mass is 642 g/mol. The van der Waals surface area contributed by atoms with E-state index in [2.05, 4.69) is 30.9 Å². The normalized spacial score (nSPS) is 34.9. The summed E-state index contributed by atoms with van der Waals surface area (Å²) in [7, 11) is 0. The maximum atomic E-state index is 6.27. The highest BCUT2D eigenvalue weighted by atomic mass is 35.5. The number of nitrogens with zero attached hydrogens (tertiary/aromatic N) is 6. The van der Waals surface area contributed by atoms with Gasteiger partial charge in [-0.15, -0.1) is 30.9 Å². The van der Waals surface area contributed by atoms with E-state index < -0.39 is 13.5 Å². The number of hydrogen-bond donors (Lipinski definition) is 0. The summed E-state index contributed by atoms with van der Waals surface area (Å²) in [5, 5.41) is 26.6. The zero-order chi connectivity index (χ0) is 26.8. The van der Waals surface area contributed by atoms with Crippen LogP contribution in [0, 0.1) is 0 Å². The maximum absolute atomic E-state index is 6.27. The molecule has 5 aliphatic rings. The molecule has 0 radical (unpaired) electrons. The van der Waals surface area contributed by atoms with Crippen LogP contribution in [0.2, 0.25) is 12.6 Å². The minimum absolute atomic E-state index is 0.272. The Morgan fingerprint density at radius 1 is 0.553 bits per heavy atom. The lowest BCUT2D eigenvalue weighted by Gasteiger charge is -2.37. The van der Waals surface area contributed by atoms with Crippen LogP contribution in [0.4, 0.5) is 0 Å². The van der Waals surface area contributed by atoms with Gasteiger partial charge in [-0.2, -0.15) is 0 Å². The number of fused-ring (bicyclic) bond motifs is 7. The van der Waals surface area contributed by atoms with Crippen LogP contribution in [0.3, 0.4) is 0 Å². The first kappa shape index (κ1) is 29.9. The molecule has 2 fully saturated rings. The number of oxime groups is 6. The van der Waals surface area contributed by atoms with Gasteiger partial charge in [-0.1, -0.05) is 122 Å². The molecular weight excluding hydrogens is 617 g/mol. The molecule has 0 atom stereocenters. The number of hydrogen-bond acceptors (Lipinski definition) is 16. The average molecular weight is 643 g/mol. The van der Waals surface area contributed by atoms with E-state index in [1.54, 1.807) is 0 Å². The molecule has 12 nitrogen and oxygen atoms in total. The summed E-state index contributed by atoms with van der Waals surface area (Å²) in [5.74, 6) is 3.15. The van der Waals surface area contributed by atoms with Crippen molar-refractivity contribution in [2.24, 2.45) is 30.9 Å². The lowest BCUT2D eigenvalue weighted by molar-refractivity contribution is 0.0632. The fourth-order valence-electron chi connectivity index (χ4n) is 3.24. The number of unbranched alkanes of at least 4 members (excludes halogenated alkanes) is 2. The van der Waals surface area contributed by atoms with Crippen LogP contribution in [0.15, 0.2) is 30.9 Å². The Labute approximate surface area is 247 Å². The quantitative estimate of drug-likeness (QED) is 0.322. The third-order valence-corrected chi connectivity index (χ3v) is 10.4. The Kier molecular flexibility index (Phi) is 11.4. The van der Waals surface area contributed by atoms with Gasteiger partial charge in [0.05, 0.1) is 0 Å². The van der Waals surface area contributed by atoms with Gasteiger partial charge in [-0.3, -0.25) is 0 Å². The van der Waals surface area contributed by atoms with Crippen molar-refractivity contribution < 1.29 is 28.5 Å². The fourth-order valence-corrected chi connectivity index (χ4v) is 7.23. The van der Waals surface area contributed by atoms with E-state index in [4.69, 9.17) is 51.7 Å². The smallest absolute Gasteiger partial charge is 0.539 e. The SMILES string of the molecule is CCCC[B-]12ON=C(Cl)/C(Cl)=N/O[B-](CCCC)(O/N=C3\SCCS\C3=N/O1)O/N=C1\SCCS\C1=N/O2. The van der Waals surface area contributed by atoms with E-state index in [1.807, 2.05) is 13.8 Å². The van der Waals surface area contributed by atoms with Crippen LogP contribution in [-0.4, -0.2) is 67.0 Å². The van der Waals surface area contributed by atoms with Crippen molar-refractivity contribution in [2.45, 2.75) is 52.2 Å². The third-order valence-electron chi connectivity index (χ3n) is 5.25. The van der Waals surface area contributed by atoms with E-state index in [1.165, 1.54) is 47.0 Å². The summed E-state index contributed by atoms with van der Waals surface area (Å²) in [4.78, 5) is 0. The topological polar surface area (TPSA) is 130 Å². The number of rotatable bonds is 6. The second kappa shape index (κ2) is 14.5. The first-order valence-corrected chi connectivity index (χ1v) is 16.9. The van der Waals surface area contributed by atoms with Gasteiger partial charge in [-0.25, -0.2) is 0 Å². The highest BCUT2D eigenvalue weighted by Gasteiger charge is 2.41. The minimum atomic E-state index is -2.71. The van der Waals surface area contributed by atoms with Gasteiger partial charge in [0.15, 0.2) is 20.2 Å². The van der Waals surface area contributed by atoms with Crippen LogP contribution < -0.4 is 0 Å². The molecule has 0 spiro atoms. The van der Waals surface area contributed by atoms with Crippen LogP contribution in [-0.2, 0) is 28.5 Å². The van der Waals surface area contributed by atoms with E-state index in [9.17, 15) is 0 Å². The molecule has 5 aliphatic heterocycles. The first-order valence-electron chi connectivity index (χ1n) is 12.2. The second-order valence-corrected chi connectivity index (χ2v) is 13.3. The standard InChI is InChI=1S/C18H26B2Cl2N6O6S4/c1-3-5-7-19-29-23-13(21)14(22)24-30-20(8-6-4-2,33-27-17-15(25-31-19)35-9-11-37-17)34-28-18-16(26-32-19)36-10-12-38-18/h3-12H2,1-2H3/q-2/b23-13-,24-14?,25-15-,26-16-,27-17-,28-18-. The van der Waals surface area contributed by atoms with Crippen molar-refractivity contribution in [3.63, 3.8) is 0 Å². The molecule has 0 aliphatic carbocycles. The minimum Gasteiger partial charge on any atom is -0.539 e. The van der Waals surface area contributed by atoms with Crippen molar-refractivity contribution in [3.8, 4) is 0 Å². The molecule has 210 valence electrons. The Balaban J connectivity index is 1.89. The molecular formula is C18H26B2Cl2N6O6S4-2. The van der Waals surface area contributed by atoms with Gasteiger partial charge in [0.1, 0.15) is 0 Å². The summed E-state index contributed by atoms with van der Waals surface area (Å²) >= 11 is 18.3. The molecule has 0 saturated carbocycles. The fraction of sp³-hybridized carbons (Fsp3) is 0.667. The molecule has 0 amide bonds. The van der Waals surface area contributed by atoms with E-state index in [-0.39, 0.29) is 23.0 Å². The molecule has 2 bridgehead atoms. The Hall–Kier alpha value is -1.07. The van der Waals surface area contributed by atoms with Crippen LogP contribution >= 0.6 is 70.2 Å². The van der Waals surface area contributed by atoms with Crippen molar-refractivity contribution in [1.29, 1.82) is 0 Å². The highest BCUT2D eigenvalue weighted by molar-refractivity contribution is 8.28. The number of halogens is 2. The third kappa shape index (κ3) is 7.99.